The van der Waals surface area contributed by atoms with E-state index in [0.717, 1.165) is 24.2 Å². The van der Waals surface area contributed by atoms with E-state index in [1.165, 1.54) is 11.3 Å². The molecular weight excluding hydrogens is 222 g/mol. The minimum Gasteiger partial charge on any atom is -0.304 e. The first-order chi connectivity index (χ1) is 8.84. The van der Waals surface area contributed by atoms with Gasteiger partial charge in [0.2, 0.25) is 0 Å². The van der Waals surface area contributed by atoms with Crippen LogP contribution in [0.3, 0.4) is 0 Å². The number of aryl methyl sites for hydroxylation is 3. The molecule has 3 aromatic heterocycles. The zero-order valence-corrected chi connectivity index (χ0v) is 10.4. The predicted octanol–water partition coefficient (Wildman–Crippen LogP) is 2.82. The number of nitrogens with zero attached hydrogens (tertiary/aromatic N) is 3. The van der Waals surface area contributed by atoms with Gasteiger partial charge in [0, 0.05) is 24.3 Å². The number of fused-ring (bicyclic) bond motifs is 1. The molecule has 3 nitrogen and oxygen atoms in total. The molecular formula is C15H15N3. The van der Waals surface area contributed by atoms with E-state index in [-0.39, 0.29) is 0 Å². The molecule has 3 heterocycles. The average molecular weight is 237 g/mol. The van der Waals surface area contributed by atoms with Crippen LogP contribution < -0.4 is 0 Å². The van der Waals surface area contributed by atoms with Gasteiger partial charge < -0.3 is 4.40 Å². The van der Waals surface area contributed by atoms with Crippen molar-refractivity contribution in [3.05, 3.63) is 65.9 Å². The minimum atomic E-state index is 0.989. The molecule has 18 heavy (non-hydrogen) atoms. The largest absolute Gasteiger partial charge is 0.304 e. The van der Waals surface area contributed by atoms with Crippen LogP contribution in [0.1, 0.15) is 17.0 Å². The SMILES string of the molecule is Cc1nc2ccccn2c1CCc1cccnc1. The maximum atomic E-state index is 4.57. The van der Waals surface area contributed by atoms with Gasteiger partial charge in [-0.05, 0) is 43.5 Å². The molecule has 0 atom stereocenters. The molecule has 0 spiro atoms. The van der Waals surface area contributed by atoms with Crippen LogP contribution in [0.25, 0.3) is 5.65 Å². The highest BCUT2D eigenvalue weighted by Gasteiger charge is 2.07. The zero-order chi connectivity index (χ0) is 12.4. The summed E-state index contributed by atoms with van der Waals surface area (Å²) in [5.41, 5.74) is 4.69. The lowest BCUT2D eigenvalue weighted by molar-refractivity contribution is 0.879. The standard InChI is InChI=1S/C15H15N3/c1-12-14(8-7-13-5-4-9-16-11-13)18-10-3-2-6-15(18)17-12/h2-6,9-11H,7-8H2,1H3. The zero-order valence-electron chi connectivity index (χ0n) is 10.4. The van der Waals surface area contributed by atoms with Crippen LogP contribution in [0.15, 0.2) is 48.9 Å². The quantitative estimate of drug-likeness (QED) is 0.701. The Morgan fingerprint density at radius 1 is 1.11 bits per heavy atom. The summed E-state index contributed by atoms with van der Waals surface area (Å²) < 4.78 is 2.17. The first kappa shape index (κ1) is 11.0. The molecule has 0 aliphatic heterocycles. The second-order valence-corrected chi connectivity index (χ2v) is 4.43. The molecule has 0 amide bonds. The van der Waals surface area contributed by atoms with Gasteiger partial charge in [0.1, 0.15) is 5.65 Å². The molecule has 3 heteroatoms. The van der Waals surface area contributed by atoms with Crippen LogP contribution in [0.4, 0.5) is 0 Å². The predicted molar refractivity (Wildman–Crippen MR) is 71.6 cm³/mol. The summed E-state index contributed by atoms with van der Waals surface area (Å²) in [7, 11) is 0. The number of rotatable bonds is 3. The van der Waals surface area contributed by atoms with Gasteiger partial charge in [-0.1, -0.05) is 12.1 Å². The molecule has 0 aromatic carbocycles. The van der Waals surface area contributed by atoms with Crippen LogP contribution in [-0.2, 0) is 12.8 Å². The van der Waals surface area contributed by atoms with Crippen molar-refractivity contribution in [1.82, 2.24) is 14.4 Å². The monoisotopic (exact) mass is 237 g/mol. The van der Waals surface area contributed by atoms with Crippen molar-refractivity contribution in [2.24, 2.45) is 0 Å². The van der Waals surface area contributed by atoms with Crippen LogP contribution in [-0.4, -0.2) is 14.4 Å². The summed E-state index contributed by atoms with van der Waals surface area (Å²) in [6, 6.07) is 10.2. The number of pyridine rings is 2. The normalized spacial score (nSPS) is 10.9. The Bertz CT molecular complexity index is 656. The van der Waals surface area contributed by atoms with E-state index in [2.05, 4.69) is 33.6 Å². The number of imidazole rings is 1. The Morgan fingerprint density at radius 2 is 2.06 bits per heavy atom. The van der Waals surface area contributed by atoms with E-state index in [1.54, 1.807) is 0 Å². The molecule has 3 rings (SSSR count). The second kappa shape index (κ2) is 4.61. The molecule has 0 saturated carbocycles. The van der Waals surface area contributed by atoms with Crippen molar-refractivity contribution < 1.29 is 0 Å². The number of hydrogen-bond donors (Lipinski definition) is 0. The van der Waals surface area contributed by atoms with Gasteiger partial charge in [-0.3, -0.25) is 4.98 Å². The molecule has 0 radical (unpaired) electrons. The maximum Gasteiger partial charge on any atom is 0.137 e. The topological polar surface area (TPSA) is 30.2 Å². The second-order valence-electron chi connectivity index (χ2n) is 4.43. The molecule has 90 valence electrons. The van der Waals surface area contributed by atoms with E-state index < -0.39 is 0 Å². The van der Waals surface area contributed by atoms with Crippen molar-refractivity contribution in [1.29, 1.82) is 0 Å². The fourth-order valence-corrected chi connectivity index (χ4v) is 2.27. The first-order valence-corrected chi connectivity index (χ1v) is 6.16. The van der Waals surface area contributed by atoms with Crippen LogP contribution in [0.2, 0.25) is 0 Å². The lowest BCUT2D eigenvalue weighted by atomic mass is 10.1. The lowest BCUT2D eigenvalue weighted by Gasteiger charge is -2.03. The van der Waals surface area contributed by atoms with E-state index in [4.69, 9.17) is 0 Å². The highest BCUT2D eigenvalue weighted by molar-refractivity contribution is 5.42. The number of hydrogen-bond acceptors (Lipinski definition) is 2. The summed E-state index contributed by atoms with van der Waals surface area (Å²) in [6.45, 7) is 2.07. The Kier molecular flexibility index (Phi) is 2.81. The van der Waals surface area contributed by atoms with Crippen molar-refractivity contribution >= 4 is 5.65 Å². The third-order valence-electron chi connectivity index (χ3n) is 3.20. The highest BCUT2D eigenvalue weighted by atomic mass is 15.0. The van der Waals surface area contributed by atoms with E-state index in [1.807, 2.05) is 36.7 Å². The van der Waals surface area contributed by atoms with Crippen molar-refractivity contribution in [2.75, 3.05) is 0 Å². The van der Waals surface area contributed by atoms with Gasteiger partial charge >= 0.3 is 0 Å². The first-order valence-electron chi connectivity index (χ1n) is 6.16. The summed E-state index contributed by atoms with van der Waals surface area (Å²) >= 11 is 0. The summed E-state index contributed by atoms with van der Waals surface area (Å²) in [5.74, 6) is 0. The Labute approximate surface area is 106 Å². The number of aromatic nitrogens is 3. The Hall–Kier alpha value is -2.16. The van der Waals surface area contributed by atoms with Gasteiger partial charge in [0.05, 0.1) is 5.69 Å². The fraction of sp³-hybridized carbons (Fsp3) is 0.200. The van der Waals surface area contributed by atoms with Crippen molar-refractivity contribution in [3.8, 4) is 0 Å². The molecule has 3 aromatic rings. The van der Waals surface area contributed by atoms with Gasteiger partial charge in [-0.25, -0.2) is 4.98 Å². The minimum absolute atomic E-state index is 0.989. The molecule has 0 saturated heterocycles. The van der Waals surface area contributed by atoms with Crippen molar-refractivity contribution in [3.63, 3.8) is 0 Å². The molecule has 0 bridgehead atoms. The van der Waals surface area contributed by atoms with Gasteiger partial charge in [0.15, 0.2) is 0 Å². The van der Waals surface area contributed by atoms with Gasteiger partial charge in [-0.2, -0.15) is 0 Å². The lowest BCUT2D eigenvalue weighted by Crippen LogP contribution is -1.98. The van der Waals surface area contributed by atoms with E-state index >= 15 is 0 Å². The molecule has 0 fully saturated rings. The maximum absolute atomic E-state index is 4.57. The van der Waals surface area contributed by atoms with E-state index in [0.29, 0.717) is 0 Å². The van der Waals surface area contributed by atoms with Crippen LogP contribution in [0.5, 0.6) is 0 Å². The third-order valence-corrected chi connectivity index (χ3v) is 3.20. The Morgan fingerprint density at radius 3 is 2.89 bits per heavy atom. The highest BCUT2D eigenvalue weighted by Crippen LogP contribution is 2.14. The van der Waals surface area contributed by atoms with Crippen LogP contribution >= 0.6 is 0 Å². The van der Waals surface area contributed by atoms with Gasteiger partial charge in [0.25, 0.3) is 0 Å². The van der Waals surface area contributed by atoms with Crippen molar-refractivity contribution in [2.45, 2.75) is 19.8 Å². The molecule has 0 aliphatic carbocycles. The average Bonchev–Trinajstić information content (AvgIpc) is 2.73. The van der Waals surface area contributed by atoms with Crippen LogP contribution in [0, 0.1) is 6.92 Å². The summed E-state index contributed by atoms with van der Waals surface area (Å²) in [5, 5.41) is 0. The Balaban J connectivity index is 1.89. The third kappa shape index (κ3) is 1.99. The summed E-state index contributed by atoms with van der Waals surface area (Å²) in [4.78, 5) is 8.72. The van der Waals surface area contributed by atoms with E-state index in [9.17, 15) is 0 Å². The fourth-order valence-electron chi connectivity index (χ4n) is 2.27. The molecule has 0 unspecified atom stereocenters. The smallest absolute Gasteiger partial charge is 0.137 e. The summed E-state index contributed by atoms with van der Waals surface area (Å²) in [6.07, 6.45) is 7.80. The molecule has 0 aliphatic rings. The van der Waals surface area contributed by atoms with Gasteiger partial charge in [-0.15, -0.1) is 0 Å². The molecule has 0 N–H and O–H groups in total.